The second kappa shape index (κ2) is 7.78. The van der Waals surface area contributed by atoms with Crippen LogP contribution in [0, 0.1) is 11.3 Å². The molecule has 22 heavy (non-hydrogen) atoms. The summed E-state index contributed by atoms with van der Waals surface area (Å²) in [7, 11) is 1.62. The van der Waals surface area contributed by atoms with E-state index < -0.39 is 11.4 Å². The number of amides is 2. The van der Waals surface area contributed by atoms with E-state index in [4.69, 9.17) is 9.47 Å². The summed E-state index contributed by atoms with van der Waals surface area (Å²) in [6, 6.07) is -0.160. The molecule has 1 aliphatic carbocycles. The fourth-order valence-corrected chi connectivity index (χ4v) is 3.52. The van der Waals surface area contributed by atoms with E-state index in [2.05, 4.69) is 5.32 Å². The molecule has 0 bridgehead atoms. The first-order chi connectivity index (χ1) is 10.6. The maximum atomic E-state index is 12.1. The Morgan fingerprint density at radius 3 is 2.86 bits per heavy atom. The number of likely N-dealkylation sites (tertiary alicyclic amines) is 1. The van der Waals surface area contributed by atoms with Gasteiger partial charge in [0.1, 0.15) is 0 Å². The number of rotatable bonds is 8. The lowest BCUT2D eigenvalue weighted by molar-refractivity contribution is -0.149. The number of carboxylic acid groups (broad SMARTS) is 1. The predicted molar refractivity (Wildman–Crippen MR) is 79.7 cm³/mol. The third-order valence-electron chi connectivity index (χ3n) is 4.76. The lowest BCUT2D eigenvalue weighted by atomic mass is 9.81. The van der Waals surface area contributed by atoms with Gasteiger partial charge in [-0.2, -0.15) is 0 Å². The van der Waals surface area contributed by atoms with Crippen LogP contribution in [-0.4, -0.2) is 68.6 Å². The lowest BCUT2D eigenvalue weighted by Gasteiger charge is -2.23. The van der Waals surface area contributed by atoms with Gasteiger partial charge in [0.25, 0.3) is 0 Å². The van der Waals surface area contributed by atoms with E-state index in [1.165, 1.54) is 0 Å². The fraction of sp³-hybridized carbons (Fsp3) is 0.867. The van der Waals surface area contributed by atoms with Crippen LogP contribution in [0.3, 0.4) is 0 Å². The summed E-state index contributed by atoms with van der Waals surface area (Å²) in [5.74, 6) is -0.648. The second-order valence-electron chi connectivity index (χ2n) is 6.12. The Morgan fingerprint density at radius 1 is 1.36 bits per heavy atom. The summed E-state index contributed by atoms with van der Waals surface area (Å²) in [4.78, 5) is 25.4. The maximum absolute atomic E-state index is 12.1. The van der Waals surface area contributed by atoms with Crippen LogP contribution in [0.15, 0.2) is 0 Å². The number of carbonyl (C=O) groups excluding carboxylic acids is 1. The Labute approximate surface area is 130 Å². The first-order valence-electron chi connectivity index (χ1n) is 7.93. The molecule has 0 unspecified atom stereocenters. The Balaban J connectivity index is 1.68. The molecule has 1 heterocycles. The zero-order valence-electron chi connectivity index (χ0n) is 13.2. The van der Waals surface area contributed by atoms with Crippen molar-refractivity contribution in [3.8, 4) is 0 Å². The summed E-state index contributed by atoms with van der Waals surface area (Å²) in [6.07, 6.45) is 3.27. The SMILES string of the molecule is COCCOCCCNC(=O)N1C[C@@H]2CCC[C@@]2(C(=O)O)C1. The van der Waals surface area contributed by atoms with Crippen molar-refractivity contribution in [2.24, 2.45) is 11.3 Å². The van der Waals surface area contributed by atoms with E-state index in [1.54, 1.807) is 12.0 Å². The van der Waals surface area contributed by atoms with E-state index >= 15 is 0 Å². The number of methoxy groups -OCH3 is 1. The number of hydrogen-bond donors (Lipinski definition) is 2. The second-order valence-corrected chi connectivity index (χ2v) is 6.12. The van der Waals surface area contributed by atoms with Gasteiger partial charge in [0.2, 0.25) is 0 Å². The average molecular weight is 314 g/mol. The lowest BCUT2D eigenvalue weighted by Crippen LogP contribution is -2.42. The van der Waals surface area contributed by atoms with Gasteiger partial charge in [-0.05, 0) is 25.2 Å². The van der Waals surface area contributed by atoms with Crippen LogP contribution in [0.25, 0.3) is 0 Å². The zero-order chi connectivity index (χ0) is 16.0. The summed E-state index contributed by atoms with van der Waals surface area (Å²) in [6.45, 7) is 3.13. The van der Waals surface area contributed by atoms with Crippen LogP contribution in [0.1, 0.15) is 25.7 Å². The molecule has 7 heteroatoms. The molecule has 2 amide bonds. The highest BCUT2D eigenvalue weighted by Crippen LogP contribution is 2.48. The van der Waals surface area contributed by atoms with Crippen molar-refractivity contribution in [2.45, 2.75) is 25.7 Å². The molecule has 2 atom stereocenters. The number of nitrogens with zero attached hydrogens (tertiary/aromatic N) is 1. The molecular formula is C15H26N2O5. The molecule has 2 N–H and O–H groups in total. The molecule has 7 nitrogen and oxygen atoms in total. The minimum absolute atomic E-state index is 0.105. The molecule has 2 aliphatic rings. The molecule has 0 aromatic carbocycles. The van der Waals surface area contributed by atoms with Crippen LogP contribution in [0.5, 0.6) is 0 Å². The Kier molecular flexibility index (Phi) is 6.02. The number of fused-ring (bicyclic) bond motifs is 1. The Morgan fingerprint density at radius 2 is 2.18 bits per heavy atom. The summed E-state index contributed by atoms with van der Waals surface area (Å²) >= 11 is 0. The molecule has 0 spiro atoms. The van der Waals surface area contributed by atoms with Crippen molar-refractivity contribution in [3.05, 3.63) is 0 Å². The molecule has 1 saturated carbocycles. The third kappa shape index (κ3) is 3.70. The monoisotopic (exact) mass is 314 g/mol. The minimum Gasteiger partial charge on any atom is -0.481 e. The molecule has 0 aromatic heterocycles. The highest BCUT2D eigenvalue weighted by atomic mass is 16.5. The van der Waals surface area contributed by atoms with Crippen LogP contribution < -0.4 is 5.32 Å². The first-order valence-corrected chi connectivity index (χ1v) is 7.93. The number of urea groups is 1. The molecule has 1 saturated heterocycles. The molecule has 2 fully saturated rings. The van der Waals surface area contributed by atoms with Gasteiger partial charge in [-0.1, -0.05) is 6.42 Å². The van der Waals surface area contributed by atoms with Gasteiger partial charge in [0.05, 0.1) is 18.6 Å². The zero-order valence-corrected chi connectivity index (χ0v) is 13.2. The van der Waals surface area contributed by atoms with E-state index in [0.29, 0.717) is 45.9 Å². The number of ether oxygens (including phenoxy) is 2. The number of hydrogen-bond acceptors (Lipinski definition) is 4. The molecule has 126 valence electrons. The minimum atomic E-state index is -0.753. The van der Waals surface area contributed by atoms with Crippen molar-refractivity contribution >= 4 is 12.0 Å². The van der Waals surface area contributed by atoms with Gasteiger partial charge in [-0.25, -0.2) is 4.79 Å². The molecule has 2 rings (SSSR count). The summed E-state index contributed by atoms with van der Waals surface area (Å²) < 4.78 is 10.2. The van der Waals surface area contributed by atoms with Crippen molar-refractivity contribution in [2.75, 3.05) is 46.6 Å². The smallest absolute Gasteiger partial charge is 0.317 e. The van der Waals surface area contributed by atoms with Gasteiger partial charge in [0.15, 0.2) is 0 Å². The van der Waals surface area contributed by atoms with Crippen molar-refractivity contribution in [1.29, 1.82) is 0 Å². The van der Waals surface area contributed by atoms with Crippen LogP contribution in [0.4, 0.5) is 4.79 Å². The highest BCUT2D eigenvalue weighted by molar-refractivity contribution is 5.80. The maximum Gasteiger partial charge on any atom is 0.317 e. The number of carbonyl (C=O) groups is 2. The fourth-order valence-electron chi connectivity index (χ4n) is 3.52. The first kappa shape index (κ1) is 17.0. The van der Waals surface area contributed by atoms with E-state index in [-0.39, 0.29) is 11.9 Å². The van der Waals surface area contributed by atoms with Crippen LogP contribution in [0.2, 0.25) is 0 Å². The van der Waals surface area contributed by atoms with E-state index in [1.807, 2.05) is 0 Å². The molecular weight excluding hydrogens is 288 g/mol. The van der Waals surface area contributed by atoms with Gasteiger partial charge in [-0.3, -0.25) is 4.79 Å². The standard InChI is InChI=1S/C15H26N2O5/c1-21-8-9-22-7-3-6-16-14(20)17-10-12-4-2-5-15(12,11-17)13(18)19/h12H,2-11H2,1H3,(H,16,20)(H,18,19)/t12-,15+/m0/s1. The number of aliphatic carboxylic acids is 1. The van der Waals surface area contributed by atoms with Gasteiger partial charge in [0, 0.05) is 33.4 Å². The van der Waals surface area contributed by atoms with Gasteiger partial charge >= 0.3 is 12.0 Å². The Hall–Kier alpha value is -1.34. The van der Waals surface area contributed by atoms with Gasteiger partial charge in [-0.15, -0.1) is 0 Å². The average Bonchev–Trinajstić information content (AvgIpc) is 3.04. The van der Waals surface area contributed by atoms with Crippen LogP contribution >= 0.6 is 0 Å². The predicted octanol–water partition coefficient (Wildman–Crippen LogP) is 0.936. The van der Waals surface area contributed by atoms with E-state index in [9.17, 15) is 14.7 Å². The van der Waals surface area contributed by atoms with E-state index in [0.717, 1.165) is 19.3 Å². The molecule has 0 aromatic rings. The number of nitrogens with one attached hydrogen (secondary N) is 1. The van der Waals surface area contributed by atoms with Crippen molar-refractivity contribution in [3.63, 3.8) is 0 Å². The van der Waals surface area contributed by atoms with Gasteiger partial charge < -0.3 is 24.8 Å². The number of carboxylic acids is 1. The summed E-state index contributed by atoms with van der Waals surface area (Å²) in [5, 5.41) is 12.3. The summed E-state index contributed by atoms with van der Waals surface area (Å²) in [5.41, 5.74) is -0.708. The highest BCUT2D eigenvalue weighted by Gasteiger charge is 2.55. The quantitative estimate of drug-likeness (QED) is 0.651. The largest absolute Gasteiger partial charge is 0.481 e. The normalized spacial score (nSPS) is 27.0. The topological polar surface area (TPSA) is 88.1 Å². The molecule has 0 radical (unpaired) electrons. The Bertz CT molecular complexity index is 403. The van der Waals surface area contributed by atoms with Crippen molar-refractivity contribution in [1.82, 2.24) is 10.2 Å². The third-order valence-corrected chi connectivity index (χ3v) is 4.76. The van der Waals surface area contributed by atoms with Crippen molar-refractivity contribution < 1.29 is 24.2 Å². The molecule has 1 aliphatic heterocycles. The van der Waals surface area contributed by atoms with Crippen LogP contribution in [-0.2, 0) is 14.3 Å².